The Hall–Kier alpha value is -2.31. The molecule has 0 amide bonds. The third kappa shape index (κ3) is 4.46. The van der Waals surface area contributed by atoms with E-state index in [0.29, 0.717) is 11.6 Å². The highest BCUT2D eigenvalue weighted by molar-refractivity contribution is 6.14. The minimum Gasteiger partial charge on any atom is -0.462 e. The lowest BCUT2D eigenvalue weighted by Crippen LogP contribution is -2.19. The molecule has 0 unspecified atom stereocenters. The highest BCUT2D eigenvalue weighted by atomic mass is 16.6. The number of esters is 2. The minimum atomic E-state index is -0.756. The molecule has 7 heteroatoms. The van der Waals surface area contributed by atoms with Gasteiger partial charge in [0.15, 0.2) is 11.4 Å². The van der Waals surface area contributed by atoms with Crippen LogP contribution in [0.2, 0.25) is 0 Å². The molecular weight excluding hydrogens is 252 g/mol. The summed E-state index contributed by atoms with van der Waals surface area (Å²) in [5.74, 6) is -0.532. The molecule has 19 heavy (non-hydrogen) atoms. The fraction of sp³-hybridized carbons (Fsp3) is 0.417. The number of anilines is 1. The fourth-order valence-corrected chi connectivity index (χ4v) is 1.20. The van der Waals surface area contributed by atoms with Gasteiger partial charge in [-0.2, -0.15) is 0 Å². The molecule has 104 valence electrons. The third-order valence-corrected chi connectivity index (χ3v) is 1.98. The molecule has 0 aliphatic carbocycles. The zero-order chi connectivity index (χ0) is 14.3. The van der Waals surface area contributed by atoms with Crippen LogP contribution in [0.4, 0.5) is 5.82 Å². The summed E-state index contributed by atoms with van der Waals surface area (Å²) in [6.45, 7) is 5.35. The number of aryl methyl sites for hydroxylation is 1. The Morgan fingerprint density at radius 3 is 2.32 bits per heavy atom. The van der Waals surface area contributed by atoms with E-state index in [1.165, 1.54) is 6.20 Å². The van der Waals surface area contributed by atoms with E-state index in [4.69, 9.17) is 14.0 Å². The number of hydrogen-bond donors (Lipinski definition) is 1. The van der Waals surface area contributed by atoms with Crippen LogP contribution in [0.5, 0.6) is 0 Å². The Morgan fingerprint density at radius 2 is 1.89 bits per heavy atom. The first-order chi connectivity index (χ1) is 9.08. The van der Waals surface area contributed by atoms with E-state index in [1.54, 1.807) is 26.8 Å². The molecule has 1 aromatic heterocycles. The summed E-state index contributed by atoms with van der Waals surface area (Å²) in [7, 11) is 0. The van der Waals surface area contributed by atoms with Crippen LogP contribution >= 0.6 is 0 Å². The second-order valence-electron chi connectivity index (χ2n) is 3.47. The smallest absolute Gasteiger partial charge is 0.347 e. The summed E-state index contributed by atoms with van der Waals surface area (Å²) in [6.07, 6.45) is 1.19. The molecule has 1 heterocycles. The summed E-state index contributed by atoms with van der Waals surface area (Å²) in [4.78, 5) is 23.2. The molecule has 1 aromatic rings. The van der Waals surface area contributed by atoms with Crippen molar-refractivity contribution in [3.8, 4) is 0 Å². The lowest BCUT2D eigenvalue weighted by atomic mass is 10.3. The summed E-state index contributed by atoms with van der Waals surface area (Å²) in [6, 6.07) is 1.62. The van der Waals surface area contributed by atoms with Crippen LogP contribution in [-0.4, -0.2) is 30.3 Å². The highest BCUT2D eigenvalue weighted by Crippen LogP contribution is 2.09. The molecule has 0 saturated carbocycles. The summed E-state index contributed by atoms with van der Waals surface area (Å²) in [5.41, 5.74) is -0.232. The standard InChI is InChI=1S/C12H16N2O5/c1-4-17-11(15)9(12(16)18-5-2)7-13-10-6-8(3)19-14-10/h6-7H,4-5H2,1-3H3,(H,13,14). The van der Waals surface area contributed by atoms with E-state index in [1.807, 2.05) is 0 Å². The second kappa shape index (κ2) is 7.20. The molecule has 0 aliphatic heterocycles. The van der Waals surface area contributed by atoms with Crippen LogP contribution < -0.4 is 5.32 Å². The number of carbonyl (C=O) groups is 2. The Morgan fingerprint density at radius 1 is 1.32 bits per heavy atom. The van der Waals surface area contributed by atoms with Gasteiger partial charge in [-0.05, 0) is 20.8 Å². The number of nitrogens with zero attached hydrogens (tertiary/aromatic N) is 1. The van der Waals surface area contributed by atoms with Gasteiger partial charge in [0.25, 0.3) is 0 Å². The summed E-state index contributed by atoms with van der Waals surface area (Å²) < 4.78 is 14.4. The first-order valence-electron chi connectivity index (χ1n) is 5.82. The Labute approximate surface area is 110 Å². The summed E-state index contributed by atoms with van der Waals surface area (Å²) >= 11 is 0. The van der Waals surface area contributed by atoms with Gasteiger partial charge in [0.2, 0.25) is 0 Å². The predicted octanol–water partition coefficient (Wildman–Crippen LogP) is 1.41. The number of carbonyl (C=O) groups excluding carboxylic acids is 2. The monoisotopic (exact) mass is 268 g/mol. The highest BCUT2D eigenvalue weighted by Gasteiger charge is 2.21. The van der Waals surface area contributed by atoms with Crippen LogP contribution in [0.15, 0.2) is 22.4 Å². The quantitative estimate of drug-likeness (QED) is 0.361. The van der Waals surface area contributed by atoms with E-state index in [-0.39, 0.29) is 18.8 Å². The van der Waals surface area contributed by atoms with Crippen molar-refractivity contribution in [1.29, 1.82) is 0 Å². The van der Waals surface area contributed by atoms with Crippen molar-refractivity contribution < 1.29 is 23.6 Å². The Bertz CT molecular complexity index is 458. The molecule has 0 saturated heterocycles. The third-order valence-electron chi connectivity index (χ3n) is 1.98. The molecule has 1 N–H and O–H groups in total. The van der Waals surface area contributed by atoms with Crippen LogP contribution in [0.25, 0.3) is 0 Å². The molecule has 0 aliphatic rings. The molecule has 0 fully saturated rings. The molecule has 1 rings (SSSR count). The van der Waals surface area contributed by atoms with E-state index in [2.05, 4.69) is 10.5 Å². The van der Waals surface area contributed by atoms with Crippen molar-refractivity contribution in [1.82, 2.24) is 5.16 Å². The maximum atomic E-state index is 11.6. The predicted molar refractivity (Wildman–Crippen MR) is 66.2 cm³/mol. The van der Waals surface area contributed by atoms with Crippen LogP contribution in [0.3, 0.4) is 0 Å². The van der Waals surface area contributed by atoms with Crippen molar-refractivity contribution in [2.45, 2.75) is 20.8 Å². The molecule has 0 spiro atoms. The topological polar surface area (TPSA) is 90.7 Å². The van der Waals surface area contributed by atoms with E-state index in [0.717, 1.165) is 0 Å². The van der Waals surface area contributed by atoms with Crippen LogP contribution in [0.1, 0.15) is 19.6 Å². The lowest BCUT2D eigenvalue weighted by Gasteiger charge is -2.06. The average molecular weight is 268 g/mol. The molecular formula is C12H16N2O5. The van der Waals surface area contributed by atoms with E-state index < -0.39 is 11.9 Å². The van der Waals surface area contributed by atoms with Crippen molar-refractivity contribution in [2.75, 3.05) is 18.5 Å². The van der Waals surface area contributed by atoms with Crippen molar-refractivity contribution in [3.63, 3.8) is 0 Å². The van der Waals surface area contributed by atoms with Crippen molar-refractivity contribution in [2.24, 2.45) is 0 Å². The van der Waals surface area contributed by atoms with Gasteiger partial charge in [0.1, 0.15) is 5.76 Å². The zero-order valence-corrected chi connectivity index (χ0v) is 11.1. The number of rotatable bonds is 6. The van der Waals surface area contributed by atoms with Gasteiger partial charge in [0.05, 0.1) is 13.2 Å². The van der Waals surface area contributed by atoms with Gasteiger partial charge < -0.3 is 19.3 Å². The Kier molecular flexibility index (Phi) is 5.59. The van der Waals surface area contributed by atoms with Crippen molar-refractivity contribution >= 4 is 17.8 Å². The molecule has 0 atom stereocenters. The van der Waals surface area contributed by atoms with E-state index >= 15 is 0 Å². The maximum absolute atomic E-state index is 11.6. The first kappa shape index (κ1) is 14.7. The number of aromatic nitrogens is 1. The van der Waals surface area contributed by atoms with E-state index in [9.17, 15) is 9.59 Å². The van der Waals surface area contributed by atoms with Gasteiger partial charge in [-0.1, -0.05) is 5.16 Å². The average Bonchev–Trinajstić information content (AvgIpc) is 2.76. The number of hydrogen-bond acceptors (Lipinski definition) is 7. The number of nitrogens with one attached hydrogen (secondary N) is 1. The normalized spacial score (nSPS) is 9.63. The van der Waals surface area contributed by atoms with Crippen LogP contribution in [0, 0.1) is 6.92 Å². The zero-order valence-electron chi connectivity index (χ0n) is 11.1. The fourth-order valence-electron chi connectivity index (χ4n) is 1.20. The maximum Gasteiger partial charge on any atom is 0.347 e. The van der Waals surface area contributed by atoms with Gasteiger partial charge in [-0.25, -0.2) is 9.59 Å². The first-order valence-corrected chi connectivity index (χ1v) is 5.82. The minimum absolute atomic E-state index is 0.165. The van der Waals surface area contributed by atoms with Gasteiger partial charge in [-0.15, -0.1) is 0 Å². The molecule has 7 nitrogen and oxygen atoms in total. The summed E-state index contributed by atoms with van der Waals surface area (Å²) in [5, 5.41) is 6.34. The number of ether oxygens (including phenoxy) is 2. The largest absolute Gasteiger partial charge is 0.462 e. The van der Waals surface area contributed by atoms with Crippen LogP contribution in [-0.2, 0) is 19.1 Å². The SMILES string of the molecule is CCOC(=O)C(=CNc1cc(C)on1)C(=O)OCC. The van der Waals surface area contributed by atoms with Gasteiger partial charge >= 0.3 is 11.9 Å². The molecule has 0 aromatic carbocycles. The van der Waals surface area contributed by atoms with Gasteiger partial charge in [-0.3, -0.25) is 0 Å². The molecule has 0 radical (unpaired) electrons. The van der Waals surface area contributed by atoms with Gasteiger partial charge in [0, 0.05) is 12.3 Å². The molecule has 0 bridgehead atoms. The second-order valence-corrected chi connectivity index (χ2v) is 3.47. The Balaban J connectivity index is 2.82. The van der Waals surface area contributed by atoms with Crippen molar-refractivity contribution in [3.05, 3.63) is 23.6 Å². The lowest BCUT2D eigenvalue weighted by molar-refractivity contribution is -0.146.